The molecule has 176 valence electrons. The van der Waals surface area contributed by atoms with E-state index in [4.69, 9.17) is 4.74 Å². The van der Waals surface area contributed by atoms with E-state index < -0.39 is 6.10 Å². The fourth-order valence-corrected chi connectivity index (χ4v) is 8.57. The molecule has 1 aromatic rings. The van der Waals surface area contributed by atoms with Crippen LogP contribution in [0.1, 0.15) is 65.7 Å². The largest absolute Gasteiger partial charge is 0.390 e. The van der Waals surface area contributed by atoms with Crippen molar-refractivity contribution in [1.82, 2.24) is 15.0 Å². The number of aromatic nitrogens is 3. The van der Waals surface area contributed by atoms with Crippen molar-refractivity contribution >= 4 is 11.6 Å². The van der Waals surface area contributed by atoms with Crippen LogP contribution in [-0.4, -0.2) is 50.5 Å². The van der Waals surface area contributed by atoms with E-state index in [1.54, 1.807) is 17.1 Å². The molecule has 0 unspecified atom stereocenters. The van der Waals surface area contributed by atoms with Crippen molar-refractivity contribution in [3.05, 3.63) is 12.4 Å². The van der Waals surface area contributed by atoms with Crippen LogP contribution in [-0.2, 0) is 20.9 Å². The van der Waals surface area contributed by atoms with Crippen molar-refractivity contribution in [3.63, 3.8) is 0 Å². The number of aliphatic hydroxyl groups is 1. The van der Waals surface area contributed by atoms with Gasteiger partial charge in [0.25, 0.3) is 0 Å². The molecule has 4 aliphatic rings. The maximum Gasteiger partial charge on any atom is 0.157 e. The van der Waals surface area contributed by atoms with E-state index in [2.05, 4.69) is 24.2 Å². The van der Waals surface area contributed by atoms with Gasteiger partial charge in [-0.3, -0.25) is 9.59 Å². The van der Waals surface area contributed by atoms with Crippen molar-refractivity contribution in [2.24, 2.45) is 40.4 Å². The lowest BCUT2D eigenvalue weighted by Gasteiger charge is -2.60. The van der Waals surface area contributed by atoms with Gasteiger partial charge >= 0.3 is 0 Å². The zero-order valence-corrected chi connectivity index (χ0v) is 19.6. The van der Waals surface area contributed by atoms with Gasteiger partial charge in [-0.1, -0.05) is 19.1 Å². The highest BCUT2D eigenvalue weighted by Crippen LogP contribution is 2.66. The van der Waals surface area contributed by atoms with Crippen molar-refractivity contribution in [3.8, 4) is 0 Å². The first kappa shape index (κ1) is 22.2. The fraction of sp³-hybridized carbons (Fsp3) is 0.840. The van der Waals surface area contributed by atoms with Crippen LogP contribution < -0.4 is 0 Å². The summed E-state index contributed by atoms with van der Waals surface area (Å²) in [5, 5.41) is 18.4. The first-order valence-corrected chi connectivity index (χ1v) is 12.5. The number of fused-ring (bicyclic) bond motifs is 5. The standard InChI is InChI=1S/C25H37N3O4/c1-4-32-22-13-24(2)15(11-19(22)29)5-6-16-17-7-8-18(21(31)14-28-10-9-26-27-28)25(17,3)12-20(30)23(16)24/h9-10,15-19,22-23,29H,4-8,11-14H2,1-3H3/t15-,16-,17-,18+,19-,22-,23+,24-,25-/m0/s1. The molecule has 0 saturated heterocycles. The Morgan fingerprint density at radius 2 is 2.06 bits per heavy atom. The Bertz CT molecular complexity index is 873. The highest BCUT2D eigenvalue weighted by Gasteiger charge is 2.64. The van der Waals surface area contributed by atoms with Gasteiger partial charge in [0.05, 0.1) is 18.4 Å². The number of hydrogen-bond donors (Lipinski definition) is 1. The molecule has 0 aromatic carbocycles. The number of hydrogen-bond acceptors (Lipinski definition) is 6. The Hall–Kier alpha value is -1.60. The summed E-state index contributed by atoms with van der Waals surface area (Å²) in [4.78, 5) is 27.1. The number of aliphatic hydroxyl groups excluding tert-OH is 1. The average molecular weight is 444 g/mol. The first-order valence-electron chi connectivity index (χ1n) is 12.5. The second-order valence-corrected chi connectivity index (χ2v) is 11.4. The van der Waals surface area contributed by atoms with Crippen LogP contribution in [0, 0.1) is 40.4 Å². The number of carbonyl (C=O) groups excluding carboxylic acids is 2. The summed E-state index contributed by atoms with van der Waals surface area (Å²) in [6.45, 7) is 7.28. The Balaban J connectivity index is 1.40. The summed E-state index contributed by atoms with van der Waals surface area (Å²) in [5.74, 6) is 1.58. The van der Waals surface area contributed by atoms with Crippen LogP contribution in [0.3, 0.4) is 0 Å². The van der Waals surface area contributed by atoms with E-state index in [1.807, 2.05) is 6.92 Å². The van der Waals surface area contributed by atoms with Gasteiger partial charge in [-0.05, 0) is 74.0 Å². The van der Waals surface area contributed by atoms with Crippen LogP contribution in [0.25, 0.3) is 0 Å². The molecule has 1 aromatic heterocycles. The van der Waals surface area contributed by atoms with E-state index in [1.165, 1.54) is 0 Å². The molecule has 0 bridgehead atoms. The number of rotatable bonds is 5. The number of carbonyl (C=O) groups is 2. The van der Waals surface area contributed by atoms with Crippen molar-refractivity contribution in [2.45, 2.75) is 84.5 Å². The second-order valence-electron chi connectivity index (χ2n) is 11.4. The SMILES string of the molecule is CCO[C@H]1C[C@@]2(C)[C@@H](CC[C@H]3[C@@H]4CC[C@H](C(=O)Cn5ccnn5)[C@@]4(C)CC(=O)[C@@H]32)C[C@@H]1O. The molecule has 4 fully saturated rings. The highest BCUT2D eigenvalue weighted by atomic mass is 16.5. The van der Waals surface area contributed by atoms with E-state index >= 15 is 0 Å². The molecular formula is C25H37N3O4. The third-order valence-electron chi connectivity index (χ3n) is 9.90. The lowest BCUT2D eigenvalue weighted by atomic mass is 9.44. The summed E-state index contributed by atoms with van der Waals surface area (Å²) in [7, 11) is 0. The fourth-order valence-electron chi connectivity index (χ4n) is 8.57. The Morgan fingerprint density at radius 1 is 1.25 bits per heavy atom. The van der Waals surface area contributed by atoms with Crippen LogP contribution in [0.5, 0.6) is 0 Å². The van der Waals surface area contributed by atoms with E-state index in [0.29, 0.717) is 36.6 Å². The molecule has 5 rings (SSSR count). The van der Waals surface area contributed by atoms with Gasteiger partial charge in [0.15, 0.2) is 5.78 Å². The molecule has 0 radical (unpaired) electrons. The third-order valence-corrected chi connectivity index (χ3v) is 9.90. The Labute approximate surface area is 190 Å². The molecule has 0 spiro atoms. The topological polar surface area (TPSA) is 94.3 Å². The summed E-state index contributed by atoms with van der Waals surface area (Å²) in [5.41, 5.74) is -0.379. The molecule has 4 saturated carbocycles. The monoisotopic (exact) mass is 443 g/mol. The van der Waals surface area contributed by atoms with Gasteiger partial charge in [-0.15, -0.1) is 5.10 Å². The first-order chi connectivity index (χ1) is 15.3. The average Bonchev–Trinajstić information content (AvgIpc) is 3.35. The minimum atomic E-state index is -0.432. The molecule has 1 heterocycles. The van der Waals surface area contributed by atoms with Crippen LogP contribution in [0.2, 0.25) is 0 Å². The predicted octanol–water partition coefficient (Wildman–Crippen LogP) is 3.06. The molecule has 7 nitrogen and oxygen atoms in total. The quantitative estimate of drug-likeness (QED) is 0.752. The lowest BCUT2D eigenvalue weighted by molar-refractivity contribution is -0.179. The van der Waals surface area contributed by atoms with Gasteiger partial charge in [0, 0.05) is 31.1 Å². The smallest absolute Gasteiger partial charge is 0.157 e. The van der Waals surface area contributed by atoms with E-state index in [0.717, 1.165) is 38.5 Å². The lowest BCUT2D eigenvalue weighted by Crippen LogP contribution is -2.60. The maximum atomic E-state index is 13.8. The third kappa shape index (κ3) is 3.30. The van der Waals surface area contributed by atoms with Gasteiger partial charge < -0.3 is 9.84 Å². The molecule has 32 heavy (non-hydrogen) atoms. The van der Waals surface area contributed by atoms with Gasteiger partial charge in [0.1, 0.15) is 12.3 Å². The molecule has 7 heteroatoms. The van der Waals surface area contributed by atoms with Gasteiger partial charge in [-0.25, -0.2) is 4.68 Å². The second kappa shape index (κ2) is 8.01. The molecule has 0 aliphatic heterocycles. The predicted molar refractivity (Wildman–Crippen MR) is 117 cm³/mol. The zero-order valence-electron chi connectivity index (χ0n) is 19.6. The highest BCUT2D eigenvalue weighted by molar-refractivity contribution is 5.87. The van der Waals surface area contributed by atoms with Crippen LogP contribution in [0.4, 0.5) is 0 Å². The Morgan fingerprint density at radius 3 is 2.78 bits per heavy atom. The summed E-state index contributed by atoms with van der Waals surface area (Å²) in [6.07, 6.45) is 8.69. The number of nitrogens with zero attached hydrogens (tertiary/aromatic N) is 3. The maximum absolute atomic E-state index is 13.8. The summed E-state index contributed by atoms with van der Waals surface area (Å²) < 4.78 is 7.51. The van der Waals surface area contributed by atoms with Crippen molar-refractivity contribution < 1.29 is 19.4 Å². The molecule has 9 atom stereocenters. The number of Topliss-reactive ketones (excluding diaryl/α,β-unsaturated/α-hetero) is 2. The molecule has 4 aliphatic carbocycles. The molecule has 0 amide bonds. The zero-order chi connectivity index (χ0) is 22.7. The minimum absolute atomic E-state index is 0.0268. The van der Waals surface area contributed by atoms with Gasteiger partial charge in [0.2, 0.25) is 0 Å². The summed E-state index contributed by atoms with van der Waals surface area (Å²) >= 11 is 0. The van der Waals surface area contributed by atoms with E-state index in [9.17, 15) is 14.7 Å². The molecular weight excluding hydrogens is 406 g/mol. The van der Waals surface area contributed by atoms with Crippen LogP contribution in [0.15, 0.2) is 12.4 Å². The van der Waals surface area contributed by atoms with Gasteiger partial charge in [-0.2, -0.15) is 0 Å². The summed E-state index contributed by atoms with van der Waals surface area (Å²) in [6, 6.07) is 0. The van der Waals surface area contributed by atoms with Crippen LogP contribution >= 0.6 is 0 Å². The van der Waals surface area contributed by atoms with Crippen molar-refractivity contribution in [2.75, 3.05) is 6.61 Å². The van der Waals surface area contributed by atoms with E-state index in [-0.39, 0.29) is 41.1 Å². The molecule has 1 N–H and O–H groups in total. The number of ether oxygens (including phenoxy) is 1. The van der Waals surface area contributed by atoms with Crippen molar-refractivity contribution in [1.29, 1.82) is 0 Å². The number of ketones is 2. The Kier molecular flexibility index (Phi) is 5.56. The normalized spacial score (nSPS) is 45.8. The minimum Gasteiger partial charge on any atom is -0.390 e.